The molecule has 1 N–H and O–H groups in total. The van der Waals surface area contributed by atoms with Crippen molar-refractivity contribution in [1.29, 1.82) is 0 Å². The summed E-state index contributed by atoms with van der Waals surface area (Å²) in [7, 11) is 0. The van der Waals surface area contributed by atoms with Gasteiger partial charge in [-0.1, -0.05) is 45.9 Å². The first-order chi connectivity index (χ1) is 12.6. The van der Waals surface area contributed by atoms with Crippen LogP contribution in [0.5, 0.6) is 0 Å². The SMILES string of the molecule is CSc1cccc(NC(=O)Cc2csc(SCc3ccc(Br)cc3)n2)c1. The fourth-order valence-electron chi connectivity index (χ4n) is 2.23. The Morgan fingerprint density at radius 3 is 2.81 bits per heavy atom. The number of carbonyl (C=O) groups is 1. The minimum absolute atomic E-state index is 0.0435. The highest BCUT2D eigenvalue weighted by molar-refractivity contribution is 9.10. The monoisotopic (exact) mass is 464 g/mol. The average Bonchev–Trinajstić information content (AvgIpc) is 3.08. The number of nitrogens with one attached hydrogen (secondary N) is 1. The maximum absolute atomic E-state index is 12.2. The van der Waals surface area contributed by atoms with Crippen molar-refractivity contribution in [2.45, 2.75) is 21.4 Å². The number of amides is 1. The number of rotatable bonds is 7. The third kappa shape index (κ3) is 5.87. The lowest BCUT2D eigenvalue weighted by atomic mass is 10.2. The first-order valence-electron chi connectivity index (χ1n) is 7.88. The van der Waals surface area contributed by atoms with Gasteiger partial charge < -0.3 is 5.32 Å². The van der Waals surface area contributed by atoms with Gasteiger partial charge in [0.15, 0.2) is 0 Å². The number of hydrogen-bond donors (Lipinski definition) is 1. The van der Waals surface area contributed by atoms with E-state index in [0.29, 0.717) is 6.42 Å². The topological polar surface area (TPSA) is 42.0 Å². The van der Waals surface area contributed by atoms with Crippen LogP contribution >= 0.6 is 50.8 Å². The van der Waals surface area contributed by atoms with Crippen LogP contribution in [-0.2, 0) is 17.0 Å². The van der Waals surface area contributed by atoms with Gasteiger partial charge in [0.05, 0.1) is 12.1 Å². The van der Waals surface area contributed by atoms with Gasteiger partial charge in [-0.25, -0.2) is 4.98 Å². The molecule has 0 spiro atoms. The molecule has 134 valence electrons. The molecule has 1 heterocycles. The van der Waals surface area contributed by atoms with Gasteiger partial charge in [0, 0.05) is 26.2 Å². The molecular weight excluding hydrogens is 448 g/mol. The predicted molar refractivity (Wildman–Crippen MR) is 116 cm³/mol. The first-order valence-corrected chi connectivity index (χ1v) is 11.8. The normalized spacial score (nSPS) is 10.7. The molecule has 3 nitrogen and oxygen atoms in total. The summed E-state index contributed by atoms with van der Waals surface area (Å²) in [5.41, 5.74) is 2.88. The standard InChI is InChI=1S/C19H17BrN2OS3/c1-24-17-4-2-3-15(9-17)21-18(23)10-16-12-26-19(22-16)25-11-13-5-7-14(20)8-6-13/h2-9,12H,10-11H2,1H3,(H,21,23). The second-order valence-corrected chi connectivity index (χ2v) is 9.35. The summed E-state index contributed by atoms with van der Waals surface area (Å²) < 4.78 is 2.07. The largest absolute Gasteiger partial charge is 0.326 e. The van der Waals surface area contributed by atoms with E-state index >= 15 is 0 Å². The lowest BCUT2D eigenvalue weighted by Gasteiger charge is -2.05. The summed E-state index contributed by atoms with van der Waals surface area (Å²) in [6, 6.07) is 16.1. The van der Waals surface area contributed by atoms with Crippen LogP contribution in [0.4, 0.5) is 5.69 Å². The van der Waals surface area contributed by atoms with Crippen molar-refractivity contribution >= 4 is 62.4 Å². The van der Waals surface area contributed by atoms with Crippen LogP contribution in [0.3, 0.4) is 0 Å². The lowest BCUT2D eigenvalue weighted by molar-refractivity contribution is -0.115. The van der Waals surface area contributed by atoms with Gasteiger partial charge >= 0.3 is 0 Å². The summed E-state index contributed by atoms with van der Waals surface area (Å²) >= 11 is 8.38. The van der Waals surface area contributed by atoms with Gasteiger partial charge in [-0.3, -0.25) is 4.79 Å². The fraction of sp³-hybridized carbons (Fsp3) is 0.158. The maximum Gasteiger partial charge on any atom is 0.230 e. The van der Waals surface area contributed by atoms with E-state index < -0.39 is 0 Å². The number of anilines is 1. The first kappa shape index (κ1) is 19.5. The third-order valence-corrected chi connectivity index (χ3v) is 6.90. The molecule has 1 amide bonds. The van der Waals surface area contributed by atoms with Crippen LogP contribution in [0.1, 0.15) is 11.3 Å². The number of benzene rings is 2. The average molecular weight is 465 g/mol. The molecule has 3 rings (SSSR count). The Labute approximate surface area is 174 Å². The number of thiazole rings is 1. The van der Waals surface area contributed by atoms with Gasteiger partial charge in [0.1, 0.15) is 4.34 Å². The Bertz CT molecular complexity index is 881. The van der Waals surface area contributed by atoms with Crippen LogP contribution in [0.2, 0.25) is 0 Å². The molecule has 0 atom stereocenters. The molecule has 0 saturated carbocycles. The van der Waals surface area contributed by atoms with Crippen molar-refractivity contribution < 1.29 is 4.79 Å². The Kier molecular flexibility index (Phi) is 7.19. The summed E-state index contributed by atoms with van der Waals surface area (Å²) in [5, 5.41) is 4.90. The molecule has 2 aromatic carbocycles. The zero-order valence-electron chi connectivity index (χ0n) is 14.1. The number of nitrogens with zero attached hydrogens (tertiary/aromatic N) is 1. The van der Waals surface area contributed by atoms with Crippen LogP contribution < -0.4 is 5.32 Å². The van der Waals surface area contributed by atoms with E-state index in [1.165, 1.54) is 5.56 Å². The summed E-state index contributed by atoms with van der Waals surface area (Å²) in [5.74, 6) is 0.825. The van der Waals surface area contributed by atoms with E-state index in [1.54, 1.807) is 34.9 Å². The van der Waals surface area contributed by atoms with E-state index in [2.05, 4.69) is 38.4 Å². The van der Waals surface area contributed by atoms with Crippen LogP contribution in [0.25, 0.3) is 0 Å². The van der Waals surface area contributed by atoms with Crippen LogP contribution in [-0.4, -0.2) is 17.1 Å². The summed E-state index contributed by atoms with van der Waals surface area (Å²) in [6.07, 6.45) is 2.31. The number of thioether (sulfide) groups is 2. The minimum atomic E-state index is -0.0435. The van der Waals surface area contributed by atoms with Crippen LogP contribution in [0, 0.1) is 0 Å². The number of hydrogen-bond acceptors (Lipinski definition) is 5. The molecular formula is C19H17BrN2OS3. The minimum Gasteiger partial charge on any atom is -0.326 e. The van der Waals surface area contributed by atoms with Gasteiger partial charge in [0.2, 0.25) is 5.91 Å². The van der Waals surface area contributed by atoms with Crippen molar-refractivity contribution in [2.24, 2.45) is 0 Å². The van der Waals surface area contributed by atoms with Crippen LogP contribution in [0.15, 0.2) is 67.6 Å². The van der Waals surface area contributed by atoms with Gasteiger partial charge in [-0.05, 0) is 42.2 Å². The van der Waals surface area contributed by atoms with Crippen molar-refractivity contribution in [3.8, 4) is 0 Å². The molecule has 3 aromatic rings. The number of aromatic nitrogens is 1. The Morgan fingerprint density at radius 1 is 1.23 bits per heavy atom. The van der Waals surface area contributed by atoms with Gasteiger partial charge in [-0.2, -0.15) is 0 Å². The number of halogens is 1. The Hall–Kier alpha value is -1.28. The molecule has 0 bridgehead atoms. The van der Waals surface area contributed by atoms with Crippen molar-refractivity contribution in [2.75, 3.05) is 11.6 Å². The Morgan fingerprint density at radius 2 is 2.04 bits per heavy atom. The van der Waals surface area contributed by atoms with Gasteiger partial charge in [-0.15, -0.1) is 23.1 Å². The number of carbonyl (C=O) groups excluding carboxylic acids is 1. The molecule has 7 heteroatoms. The van der Waals surface area contributed by atoms with Crippen molar-refractivity contribution in [3.05, 3.63) is 69.6 Å². The molecule has 0 aliphatic heterocycles. The summed E-state index contributed by atoms with van der Waals surface area (Å²) in [4.78, 5) is 17.9. The van der Waals surface area contributed by atoms with E-state index in [4.69, 9.17) is 0 Å². The molecule has 0 unspecified atom stereocenters. The zero-order chi connectivity index (χ0) is 18.4. The lowest BCUT2D eigenvalue weighted by Crippen LogP contribution is -2.14. The maximum atomic E-state index is 12.2. The molecule has 0 aliphatic carbocycles. The predicted octanol–water partition coefficient (Wildman–Crippen LogP) is 6.10. The van der Waals surface area contributed by atoms with E-state index in [9.17, 15) is 4.79 Å². The van der Waals surface area contributed by atoms with E-state index in [1.807, 2.05) is 48.0 Å². The Balaban J connectivity index is 1.52. The highest BCUT2D eigenvalue weighted by Gasteiger charge is 2.09. The van der Waals surface area contributed by atoms with E-state index in [0.717, 1.165) is 30.8 Å². The molecule has 0 radical (unpaired) electrons. The molecule has 0 fully saturated rings. The third-order valence-electron chi connectivity index (χ3n) is 3.50. The second kappa shape index (κ2) is 9.60. The van der Waals surface area contributed by atoms with Crippen molar-refractivity contribution in [3.63, 3.8) is 0 Å². The second-order valence-electron chi connectivity index (χ2n) is 5.48. The molecule has 0 aliphatic rings. The quantitative estimate of drug-likeness (QED) is 0.428. The highest BCUT2D eigenvalue weighted by Crippen LogP contribution is 2.27. The van der Waals surface area contributed by atoms with E-state index in [-0.39, 0.29) is 5.91 Å². The molecule has 0 saturated heterocycles. The smallest absolute Gasteiger partial charge is 0.230 e. The highest BCUT2D eigenvalue weighted by atomic mass is 79.9. The van der Waals surface area contributed by atoms with Gasteiger partial charge in [0.25, 0.3) is 0 Å². The summed E-state index contributed by atoms with van der Waals surface area (Å²) in [6.45, 7) is 0. The molecule has 26 heavy (non-hydrogen) atoms. The zero-order valence-corrected chi connectivity index (χ0v) is 18.1. The van der Waals surface area contributed by atoms with Crippen molar-refractivity contribution in [1.82, 2.24) is 4.98 Å². The fourth-order valence-corrected chi connectivity index (χ4v) is 4.76. The molecule has 1 aromatic heterocycles.